The van der Waals surface area contributed by atoms with Gasteiger partial charge in [-0.15, -0.1) is 0 Å². The minimum absolute atomic E-state index is 0.0965. The van der Waals surface area contributed by atoms with E-state index in [0.717, 1.165) is 19.4 Å². The fraction of sp³-hybridized carbons (Fsp3) is 0.611. The molecule has 0 saturated carbocycles. The van der Waals surface area contributed by atoms with E-state index in [1.165, 1.54) is 36.8 Å². The average molecular weight is 302 g/mol. The van der Waals surface area contributed by atoms with E-state index in [1.54, 1.807) is 0 Å². The van der Waals surface area contributed by atoms with Crippen molar-refractivity contribution in [2.24, 2.45) is 16.5 Å². The van der Waals surface area contributed by atoms with Crippen LogP contribution in [0, 0.1) is 0 Å². The molecular formula is C18H30N4. The number of benzene rings is 1. The van der Waals surface area contributed by atoms with Gasteiger partial charge in [-0.25, -0.2) is 4.99 Å². The Bertz CT molecular complexity index is 494. The van der Waals surface area contributed by atoms with E-state index in [-0.39, 0.29) is 12.1 Å². The fourth-order valence-corrected chi connectivity index (χ4v) is 3.49. The zero-order chi connectivity index (χ0) is 15.9. The molecule has 4 heteroatoms. The first kappa shape index (κ1) is 16.8. The number of rotatable bonds is 8. The van der Waals surface area contributed by atoms with Crippen LogP contribution in [0.3, 0.4) is 0 Å². The van der Waals surface area contributed by atoms with Crippen molar-refractivity contribution in [2.75, 3.05) is 0 Å². The molecule has 0 aliphatic carbocycles. The maximum Gasteiger partial charge on any atom is 0.187 e. The van der Waals surface area contributed by atoms with Crippen molar-refractivity contribution in [1.29, 1.82) is 0 Å². The van der Waals surface area contributed by atoms with Crippen molar-refractivity contribution in [3.8, 4) is 0 Å². The Morgan fingerprint density at radius 3 is 2.68 bits per heavy atom. The lowest BCUT2D eigenvalue weighted by atomic mass is 10.0. The SMILES string of the molecule is CCCCCCC(N=C(N)N)N1Cc2ccccc2C1CC. The van der Waals surface area contributed by atoms with Gasteiger partial charge in [-0.2, -0.15) is 0 Å². The molecule has 1 aliphatic rings. The van der Waals surface area contributed by atoms with Gasteiger partial charge in [0, 0.05) is 12.6 Å². The first-order valence-electron chi connectivity index (χ1n) is 8.59. The van der Waals surface area contributed by atoms with Crippen molar-refractivity contribution in [3.05, 3.63) is 35.4 Å². The minimum atomic E-state index is 0.0965. The predicted octanol–water partition coefficient (Wildman–Crippen LogP) is 3.52. The number of unbranched alkanes of at least 4 members (excludes halogenated alkanes) is 3. The van der Waals surface area contributed by atoms with Crippen LogP contribution in [0.1, 0.15) is 69.5 Å². The third-order valence-electron chi connectivity index (χ3n) is 4.55. The highest BCUT2D eigenvalue weighted by molar-refractivity contribution is 5.75. The topological polar surface area (TPSA) is 67.6 Å². The van der Waals surface area contributed by atoms with Crippen LogP contribution in [0.5, 0.6) is 0 Å². The lowest BCUT2D eigenvalue weighted by Gasteiger charge is -2.30. The highest BCUT2D eigenvalue weighted by atomic mass is 15.3. The molecule has 2 rings (SSSR count). The van der Waals surface area contributed by atoms with Crippen LogP contribution >= 0.6 is 0 Å². The third kappa shape index (κ3) is 4.01. The zero-order valence-electron chi connectivity index (χ0n) is 14.0. The van der Waals surface area contributed by atoms with E-state index < -0.39 is 0 Å². The van der Waals surface area contributed by atoms with Crippen molar-refractivity contribution >= 4 is 5.96 Å². The molecule has 22 heavy (non-hydrogen) atoms. The van der Waals surface area contributed by atoms with Crippen LogP contribution < -0.4 is 11.5 Å². The molecule has 4 nitrogen and oxygen atoms in total. The molecule has 122 valence electrons. The number of nitrogens with two attached hydrogens (primary N) is 2. The van der Waals surface area contributed by atoms with Gasteiger partial charge >= 0.3 is 0 Å². The first-order valence-corrected chi connectivity index (χ1v) is 8.59. The number of aliphatic imine (C=N–C) groups is 1. The summed E-state index contributed by atoms with van der Waals surface area (Å²) in [4.78, 5) is 7.00. The summed E-state index contributed by atoms with van der Waals surface area (Å²) in [5.74, 6) is 0.200. The highest BCUT2D eigenvalue weighted by Crippen LogP contribution is 2.38. The van der Waals surface area contributed by atoms with Crippen molar-refractivity contribution in [2.45, 2.75) is 71.1 Å². The van der Waals surface area contributed by atoms with Crippen molar-refractivity contribution in [1.82, 2.24) is 4.90 Å². The molecule has 0 amide bonds. The number of fused-ring (bicyclic) bond motifs is 1. The second-order valence-corrected chi connectivity index (χ2v) is 6.18. The van der Waals surface area contributed by atoms with E-state index in [2.05, 4.69) is 48.0 Å². The fourth-order valence-electron chi connectivity index (χ4n) is 3.49. The largest absolute Gasteiger partial charge is 0.370 e. The number of nitrogens with zero attached hydrogens (tertiary/aromatic N) is 2. The highest BCUT2D eigenvalue weighted by Gasteiger charge is 2.33. The summed E-state index contributed by atoms with van der Waals surface area (Å²) in [5, 5.41) is 0. The molecule has 0 fully saturated rings. The van der Waals surface area contributed by atoms with Gasteiger partial charge < -0.3 is 11.5 Å². The van der Waals surface area contributed by atoms with E-state index in [4.69, 9.17) is 11.5 Å². The first-order chi connectivity index (χ1) is 10.7. The van der Waals surface area contributed by atoms with Crippen LogP contribution in [0.15, 0.2) is 29.3 Å². The van der Waals surface area contributed by atoms with Crippen molar-refractivity contribution in [3.63, 3.8) is 0 Å². The van der Waals surface area contributed by atoms with Crippen LogP contribution in [-0.2, 0) is 6.54 Å². The van der Waals surface area contributed by atoms with E-state index >= 15 is 0 Å². The number of hydrogen-bond acceptors (Lipinski definition) is 2. The molecule has 0 radical (unpaired) electrons. The summed E-state index contributed by atoms with van der Waals surface area (Å²) >= 11 is 0. The van der Waals surface area contributed by atoms with Crippen LogP contribution in [0.4, 0.5) is 0 Å². The van der Waals surface area contributed by atoms with Gasteiger partial charge in [0.25, 0.3) is 0 Å². The number of guanidine groups is 1. The van der Waals surface area contributed by atoms with Gasteiger partial charge in [-0.1, -0.05) is 57.4 Å². The Hall–Kier alpha value is -1.55. The van der Waals surface area contributed by atoms with E-state index in [1.807, 2.05) is 0 Å². The summed E-state index contributed by atoms with van der Waals surface area (Å²) in [7, 11) is 0. The predicted molar refractivity (Wildman–Crippen MR) is 93.4 cm³/mol. The van der Waals surface area contributed by atoms with Crippen molar-refractivity contribution < 1.29 is 0 Å². The molecule has 0 spiro atoms. The number of hydrogen-bond donors (Lipinski definition) is 2. The monoisotopic (exact) mass is 302 g/mol. The molecule has 2 unspecified atom stereocenters. The van der Waals surface area contributed by atoms with E-state index in [0.29, 0.717) is 6.04 Å². The molecule has 1 heterocycles. The normalized spacial score (nSPS) is 18.9. The molecule has 1 aliphatic heterocycles. The second kappa shape index (κ2) is 8.18. The molecule has 0 aromatic heterocycles. The van der Waals surface area contributed by atoms with Gasteiger partial charge in [0.05, 0.1) is 0 Å². The molecule has 1 aromatic carbocycles. The summed E-state index contributed by atoms with van der Waals surface area (Å²) in [5.41, 5.74) is 14.2. The maximum absolute atomic E-state index is 5.68. The van der Waals surface area contributed by atoms with Crippen LogP contribution in [0.25, 0.3) is 0 Å². The average Bonchev–Trinajstić information content (AvgIpc) is 2.88. The van der Waals surface area contributed by atoms with Gasteiger partial charge in [0.2, 0.25) is 0 Å². The standard InChI is InChI=1S/C18H30N4/c1-3-5-6-7-12-17(21-18(19)20)22-13-14-10-8-9-11-15(14)16(22)4-2/h8-11,16-17H,3-7,12-13H2,1-2H3,(H4,19,20,21). The molecule has 0 saturated heterocycles. The van der Waals surface area contributed by atoms with E-state index in [9.17, 15) is 0 Å². The Kier molecular flexibility index (Phi) is 6.25. The molecule has 1 aromatic rings. The Balaban J connectivity index is 2.12. The smallest absolute Gasteiger partial charge is 0.187 e. The maximum atomic E-state index is 5.68. The summed E-state index contributed by atoms with van der Waals surface area (Å²) < 4.78 is 0. The Morgan fingerprint density at radius 1 is 1.23 bits per heavy atom. The van der Waals surface area contributed by atoms with Gasteiger partial charge in [0.1, 0.15) is 6.17 Å². The summed E-state index contributed by atoms with van der Waals surface area (Å²) in [6.45, 7) is 5.42. The molecular weight excluding hydrogens is 272 g/mol. The summed E-state index contributed by atoms with van der Waals surface area (Å²) in [6.07, 6.45) is 7.18. The lowest BCUT2D eigenvalue weighted by Crippen LogP contribution is -2.36. The Labute approximate surface area is 134 Å². The molecule has 2 atom stereocenters. The Morgan fingerprint density at radius 2 is 2.00 bits per heavy atom. The quantitative estimate of drug-likeness (QED) is 0.438. The van der Waals surface area contributed by atoms with Gasteiger partial charge in [-0.05, 0) is 30.4 Å². The summed E-state index contributed by atoms with van der Waals surface area (Å²) in [6, 6.07) is 9.14. The van der Waals surface area contributed by atoms with Crippen LogP contribution in [-0.4, -0.2) is 17.0 Å². The van der Waals surface area contributed by atoms with Gasteiger partial charge in [0.15, 0.2) is 5.96 Å². The lowest BCUT2D eigenvalue weighted by molar-refractivity contribution is 0.137. The third-order valence-corrected chi connectivity index (χ3v) is 4.55. The van der Waals surface area contributed by atoms with Gasteiger partial charge in [-0.3, -0.25) is 4.90 Å². The zero-order valence-corrected chi connectivity index (χ0v) is 14.0. The minimum Gasteiger partial charge on any atom is -0.370 e. The molecule has 0 bridgehead atoms. The molecule has 4 N–H and O–H groups in total. The second-order valence-electron chi connectivity index (χ2n) is 6.18. The van der Waals surface area contributed by atoms with Crippen LogP contribution in [0.2, 0.25) is 0 Å².